The molecule has 0 heterocycles. The van der Waals surface area contributed by atoms with Crippen molar-refractivity contribution in [3.63, 3.8) is 0 Å². The van der Waals surface area contributed by atoms with Crippen LogP contribution in [-0.2, 0) is 4.79 Å². The molecule has 3 N–H and O–H groups in total. The Balaban J connectivity index is 3.37. The van der Waals surface area contributed by atoms with E-state index in [-0.39, 0.29) is 18.1 Å². The molecule has 13 heavy (non-hydrogen) atoms. The van der Waals surface area contributed by atoms with Crippen LogP contribution in [0.15, 0.2) is 0 Å². The first-order chi connectivity index (χ1) is 6.07. The molecule has 0 rings (SSSR count). The lowest BCUT2D eigenvalue weighted by molar-refractivity contribution is -0.122. The minimum absolute atomic E-state index is 0.00273. The van der Waals surface area contributed by atoms with E-state index in [1.165, 1.54) is 0 Å². The summed E-state index contributed by atoms with van der Waals surface area (Å²) < 4.78 is 0. The highest BCUT2D eigenvalue weighted by atomic mass is 16.3. The van der Waals surface area contributed by atoms with Crippen molar-refractivity contribution >= 4 is 5.91 Å². The SMILES string of the molecule is CNC(=O)C(C)NCCCC(C)O. The van der Waals surface area contributed by atoms with Crippen LogP contribution < -0.4 is 10.6 Å². The van der Waals surface area contributed by atoms with E-state index in [2.05, 4.69) is 10.6 Å². The van der Waals surface area contributed by atoms with Crippen LogP contribution in [0.1, 0.15) is 26.7 Å². The standard InChI is InChI=1S/C9H20N2O2/c1-7(12)5-4-6-11-8(2)9(13)10-3/h7-8,11-12H,4-6H2,1-3H3,(H,10,13). The first kappa shape index (κ1) is 12.4. The van der Waals surface area contributed by atoms with Gasteiger partial charge in [-0.2, -0.15) is 0 Å². The average molecular weight is 188 g/mol. The van der Waals surface area contributed by atoms with Crippen molar-refractivity contribution in [2.45, 2.75) is 38.8 Å². The van der Waals surface area contributed by atoms with Crippen LogP contribution >= 0.6 is 0 Å². The second kappa shape index (κ2) is 6.86. The van der Waals surface area contributed by atoms with E-state index >= 15 is 0 Å². The molecule has 4 heteroatoms. The zero-order valence-corrected chi connectivity index (χ0v) is 8.63. The van der Waals surface area contributed by atoms with Crippen molar-refractivity contribution in [2.75, 3.05) is 13.6 Å². The largest absolute Gasteiger partial charge is 0.393 e. The molecule has 0 spiro atoms. The smallest absolute Gasteiger partial charge is 0.236 e. The fraction of sp³-hybridized carbons (Fsp3) is 0.889. The molecule has 0 aromatic rings. The van der Waals surface area contributed by atoms with Crippen LogP contribution in [0.2, 0.25) is 0 Å². The molecule has 0 aromatic carbocycles. The molecule has 0 saturated carbocycles. The predicted octanol–water partition coefficient (Wildman–Crippen LogP) is -0.128. The molecule has 0 aliphatic rings. The summed E-state index contributed by atoms with van der Waals surface area (Å²) in [6.45, 7) is 4.35. The minimum Gasteiger partial charge on any atom is -0.393 e. The van der Waals surface area contributed by atoms with Gasteiger partial charge in [0.25, 0.3) is 0 Å². The molecule has 0 radical (unpaired) electrons. The third-order valence-electron chi connectivity index (χ3n) is 1.89. The van der Waals surface area contributed by atoms with Gasteiger partial charge in [0.2, 0.25) is 5.91 Å². The lowest BCUT2D eigenvalue weighted by Gasteiger charge is -2.12. The minimum atomic E-state index is -0.253. The summed E-state index contributed by atoms with van der Waals surface area (Å²) >= 11 is 0. The molecular weight excluding hydrogens is 168 g/mol. The highest BCUT2D eigenvalue weighted by Crippen LogP contribution is 1.94. The van der Waals surface area contributed by atoms with Gasteiger partial charge in [-0.1, -0.05) is 0 Å². The van der Waals surface area contributed by atoms with Crippen LogP contribution in [0, 0.1) is 0 Å². The van der Waals surface area contributed by atoms with Gasteiger partial charge in [-0.25, -0.2) is 0 Å². The van der Waals surface area contributed by atoms with Gasteiger partial charge < -0.3 is 15.7 Å². The highest BCUT2D eigenvalue weighted by Gasteiger charge is 2.08. The summed E-state index contributed by atoms with van der Waals surface area (Å²) in [5, 5.41) is 14.6. The molecule has 0 aliphatic carbocycles. The number of carbonyl (C=O) groups is 1. The van der Waals surface area contributed by atoms with Crippen LogP contribution in [0.25, 0.3) is 0 Å². The number of carbonyl (C=O) groups excluding carboxylic acids is 1. The Morgan fingerprint density at radius 3 is 2.54 bits per heavy atom. The summed E-state index contributed by atoms with van der Waals surface area (Å²) in [5.41, 5.74) is 0. The van der Waals surface area contributed by atoms with Crippen LogP contribution in [0.5, 0.6) is 0 Å². The van der Waals surface area contributed by atoms with Gasteiger partial charge in [-0.05, 0) is 33.2 Å². The van der Waals surface area contributed by atoms with Crippen molar-refractivity contribution in [2.24, 2.45) is 0 Å². The Hall–Kier alpha value is -0.610. The Bertz CT molecular complexity index is 149. The summed E-state index contributed by atoms with van der Waals surface area (Å²) in [7, 11) is 1.62. The third-order valence-corrected chi connectivity index (χ3v) is 1.89. The highest BCUT2D eigenvalue weighted by molar-refractivity contribution is 5.80. The number of rotatable bonds is 6. The molecule has 0 bridgehead atoms. The zero-order valence-electron chi connectivity index (χ0n) is 8.63. The van der Waals surface area contributed by atoms with Gasteiger partial charge >= 0.3 is 0 Å². The monoisotopic (exact) mass is 188 g/mol. The Kier molecular flexibility index (Phi) is 6.54. The van der Waals surface area contributed by atoms with Crippen molar-refractivity contribution in [1.29, 1.82) is 0 Å². The van der Waals surface area contributed by atoms with Crippen LogP contribution in [-0.4, -0.2) is 36.8 Å². The first-order valence-corrected chi connectivity index (χ1v) is 4.71. The number of likely N-dealkylation sites (N-methyl/N-ethyl adjacent to an activating group) is 1. The Morgan fingerprint density at radius 2 is 2.08 bits per heavy atom. The molecule has 78 valence electrons. The van der Waals surface area contributed by atoms with E-state index in [4.69, 9.17) is 5.11 Å². The molecular formula is C9H20N2O2. The van der Waals surface area contributed by atoms with Crippen molar-refractivity contribution in [3.8, 4) is 0 Å². The van der Waals surface area contributed by atoms with E-state index in [9.17, 15) is 4.79 Å². The maximum atomic E-state index is 11.0. The number of aliphatic hydroxyl groups excluding tert-OH is 1. The maximum Gasteiger partial charge on any atom is 0.236 e. The van der Waals surface area contributed by atoms with Gasteiger partial charge in [-0.15, -0.1) is 0 Å². The summed E-state index contributed by atoms with van der Waals surface area (Å²) in [5.74, 6) is -0.00273. The van der Waals surface area contributed by atoms with E-state index in [0.717, 1.165) is 19.4 Å². The molecule has 0 saturated heterocycles. The zero-order chi connectivity index (χ0) is 10.3. The topological polar surface area (TPSA) is 61.4 Å². The predicted molar refractivity (Wildman–Crippen MR) is 52.4 cm³/mol. The first-order valence-electron chi connectivity index (χ1n) is 4.71. The molecule has 0 aromatic heterocycles. The van der Waals surface area contributed by atoms with E-state index in [1.807, 2.05) is 6.92 Å². The molecule has 0 fully saturated rings. The molecule has 4 nitrogen and oxygen atoms in total. The number of aliphatic hydroxyl groups is 1. The van der Waals surface area contributed by atoms with E-state index in [1.54, 1.807) is 14.0 Å². The quantitative estimate of drug-likeness (QED) is 0.509. The van der Waals surface area contributed by atoms with Gasteiger partial charge in [0.05, 0.1) is 12.1 Å². The Labute approximate surface area is 79.7 Å². The lowest BCUT2D eigenvalue weighted by Crippen LogP contribution is -2.41. The normalized spacial score (nSPS) is 15.1. The fourth-order valence-electron chi connectivity index (χ4n) is 1.03. The number of amides is 1. The van der Waals surface area contributed by atoms with Gasteiger partial charge in [0.1, 0.15) is 0 Å². The third kappa shape index (κ3) is 6.54. The number of hydrogen-bond donors (Lipinski definition) is 3. The molecule has 0 aliphatic heterocycles. The van der Waals surface area contributed by atoms with E-state index in [0.29, 0.717) is 0 Å². The van der Waals surface area contributed by atoms with Crippen LogP contribution in [0.4, 0.5) is 0 Å². The summed E-state index contributed by atoms with van der Waals surface area (Å²) in [6.07, 6.45) is 1.41. The average Bonchev–Trinajstić information content (AvgIpc) is 2.10. The summed E-state index contributed by atoms with van der Waals surface area (Å²) in [4.78, 5) is 11.0. The second-order valence-electron chi connectivity index (χ2n) is 3.28. The molecule has 2 atom stereocenters. The van der Waals surface area contributed by atoms with E-state index < -0.39 is 0 Å². The lowest BCUT2D eigenvalue weighted by atomic mass is 10.2. The van der Waals surface area contributed by atoms with Gasteiger partial charge in [0, 0.05) is 7.05 Å². The van der Waals surface area contributed by atoms with Gasteiger partial charge in [0.15, 0.2) is 0 Å². The van der Waals surface area contributed by atoms with Crippen molar-refractivity contribution in [1.82, 2.24) is 10.6 Å². The fourth-order valence-corrected chi connectivity index (χ4v) is 1.03. The molecule has 1 amide bonds. The summed E-state index contributed by atoms with van der Waals surface area (Å²) in [6, 6.07) is -0.154. The molecule has 2 unspecified atom stereocenters. The Morgan fingerprint density at radius 1 is 1.46 bits per heavy atom. The number of hydrogen-bond acceptors (Lipinski definition) is 3. The van der Waals surface area contributed by atoms with Crippen molar-refractivity contribution < 1.29 is 9.90 Å². The van der Waals surface area contributed by atoms with Crippen LogP contribution in [0.3, 0.4) is 0 Å². The van der Waals surface area contributed by atoms with Crippen molar-refractivity contribution in [3.05, 3.63) is 0 Å². The number of nitrogens with one attached hydrogen (secondary N) is 2. The maximum absolute atomic E-state index is 11.0. The second-order valence-corrected chi connectivity index (χ2v) is 3.28. The van der Waals surface area contributed by atoms with Gasteiger partial charge in [-0.3, -0.25) is 4.79 Å².